The molecule has 4 rings (SSSR count). The highest BCUT2D eigenvalue weighted by Gasteiger charge is 2.18. The summed E-state index contributed by atoms with van der Waals surface area (Å²) < 4.78 is 11.5. The van der Waals surface area contributed by atoms with Crippen molar-refractivity contribution in [3.8, 4) is 11.5 Å². The van der Waals surface area contributed by atoms with Gasteiger partial charge >= 0.3 is 5.69 Å². The van der Waals surface area contributed by atoms with E-state index in [-0.39, 0.29) is 18.9 Å². The lowest BCUT2D eigenvalue weighted by Gasteiger charge is -2.10. The highest BCUT2D eigenvalue weighted by molar-refractivity contribution is 6.31. The number of aryl methyl sites for hydroxylation is 1. The normalized spacial score (nSPS) is 12.1. The van der Waals surface area contributed by atoms with Crippen molar-refractivity contribution >= 4 is 23.2 Å². The van der Waals surface area contributed by atoms with E-state index < -0.39 is 17.2 Å². The largest absolute Gasteiger partial charge is 0.454 e. The number of aromatic amines is 1. The Morgan fingerprint density at radius 1 is 1.17 bits per heavy atom. The van der Waals surface area contributed by atoms with Crippen molar-refractivity contribution in [2.75, 3.05) is 12.1 Å². The number of hydrogen-bond acceptors (Lipinski definition) is 5. The molecule has 1 aliphatic heterocycles. The van der Waals surface area contributed by atoms with Gasteiger partial charge in [-0.2, -0.15) is 0 Å². The second-order valence-electron chi connectivity index (χ2n) is 6.50. The van der Waals surface area contributed by atoms with E-state index in [0.29, 0.717) is 27.8 Å². The number of H-pyrrole nitrogens is 1. The average Bonchev–Trinajstić information content (AvgIpc) is 3.15. The first kappa shape index (κ1) is 18.8. The van der Waals surface area contributed by atoms with E-state index in [1.54, 1.807) is 43.3 Å². The standard InChI is InChI=1S/C20H16ClN3O5/c1-11-2-4-13(21)7-15(11)23-18(25)14-8-22-20(27)24(19(14)26)9-12-3-5-16-17(6-12)29-10-28-16/h2-8H,9-10H2,1H3,(H,22,27)(H,23,25). The van der Waals surface area contributed by atoms with Crippen molar-refractivity contribution in [3.05, 3.63) is 85.1 Å². The minimum atomic E-state index is -0.705. The van der Waals surface area contributed by atoms with Crippen LogP contribution in [-0.2, 0) is 6.54 Å². The number of hydrogen-bond donors (Lipinski definition) is 2. The Kier molecular flexibility index (Phi) is 4.85. The Balaban J connectivity index is 1.64. The van der Waals surface area contributed by atoms with E-state index in [4.69, 9.17) is 21.1 Å². The summed E-state index contributed by atoms with van der Waals surface area (Å²) in [6.45, 7) is 1.90. The van der Waals surface area contributed by atoms with Crippen LogP contribution in [0.1, 0.15) is 21.5 Å². The van der Waals surface area contributed by atoms with Gasteiger partial charge < -0.3 is 19.8 Å². The summed E-state index contributed by atoms with van der Waals surface area (Å²) in [5.41, 5.74) is 0.407. The molecule has 148 valence electrons. The quantitative estimate of drug-likeness (QED) is 0.684. The smallest absolute Gasteiger partial charge is 0.328 e. The zero-order chi connectivity index (χ0) is 20.5. The minimum Gasteiger partial charge on any atom is -0.454 e. The first-order chi connectivity index (χ1) is 13.9. The number of halogens is 1. The molecule has 0 atom stereocenters. The van der Waals surface area contributed by atoms with Crippen LogP contribution in [0.4, 0.5) is 5.69 Å². The number of anilines is 1. The molecule has 8 nitrogen and oxygen atoms in total. The maximum atomic E-state index is 12.8. The number of aromatic nitrogens is 2. The van der Waals surface area contributed by atoms with Crippen molar-refractivity contribution < 1.29 is 14.3 Å². The van der Waals surface area contributed by atoms with Crippen LogP contribution in [0, 0.1) is 6.92 Å². The number of nitrogens with one attached hydrogen (secondary N) is 2. The molecule has 3 aromatic rings. The molecule has 9 heteroatoms. The van der Waals surface area contributed by atoms with E-state index in [1.807, 2.05) is 0 Å². The van der Waals surface area contributed by atoms with Crippen LogP contribution in [0.2, 0.25) is 5.02 Å². The van der Waals surface area contributed by atoms with Crippen LogP contribution in [0.15, 0.2) is 52.2 Å². The molecule has 29 heavy (non-hydrogen) atoms. The third-order valence-electron chi connectivity index (χ3n) is 4.53. The molecule has 2 aromatic carbocycles. The summed E-state index contributed by atoms with van der Waals surface area (Å²) >= 11 is 5.97. The van der Waals surface area contributed by atoms with Gasteiger partial charge in [0.1, 0.15) is 5.56 Å². The molecule has 0 aliphatic carbocycles. The van der Waals surface area contributed by atoms with Crippen LogP contribution in [-0.4, -0.2) is 22.3 Å². The fourth-order valence-electron chi connectivity index (χ4n) is 2.96. The van der Waals surface area contributed by atoms with Crippen molar-refractivity contribution in [1.29, 1.82) is 0 Å². The van der Waals surface area contributed by atoms with Crippen molar-refractivity contribution in [2.24, 2.45) is 0 Å². The summed E-state index contributed by atoms with van der Waals surface area (Å²) in [5, 5.41) is 3.11. The third kappa shape index (κ3) is 3.74. The molecule has 0 saturated heterocycles. The van der Waals surface area contributed by atoms with Gasteiger partial charge in [0.05, 0.1) is 6.54 Å². The van der Waals surface area contributed by atoms with Crippen molar-refractivity contribution in [2.45, 2.75) is 13.5 Å². The Morgan fingerprint density at radius 2 is 1.97 bits per heavy atom. The fraction of sp³-hybridized carbons (Fsp3) is 0.150. The molecule has 1 aliphatic rings. The molecule has 0 fully saturated rings. The topological polar surface area (TPSA) is 102 Å². The van der Waals surface area contributed by atoms with Gasteiger partial charge in [-0.1, -0.05) is 23.7 Å². The number of nitrogens with zero attached hydrogens (tertiary/aromatic N) is 1. The maximum Gasteiger partial charge on any atom is 0.328 e. The highest BCUT2D eigenvalue weighted by atomic mass is 35.5. The molecule has 0 bridgehead atoms. The van der Waals surface area contributed by atoms with E-state index >= 15 is 0 Å². The molecule has 2 N–H and O–H groups in total. The number of ether oxygens (including phenoxy) is 2. The summed E-state index contributed by atoms with van der Waals surface area (Å²) in [6.07, 6.45) is 1.11. The minimum absolute atomic E-state index is 0.0257. The zero-order valence-corrected chi connectivity index (χ0v) is 16.1. The molecule has 0 unspecified atom stereocenters. The van der Waals surface area contributed by atoms with Gasteiger partial charge in [0.25, 0.3) is 11.5 Å². The van der Waals surface area contributed by atoms with E-state index in [1.165, 1.54) is 0 Å². The number of amides is 1. The molecular weight excluding hydrogens is 398 g/mol. The van der Waals surface area contributed by atoms with Gasteiger partial charge in [-0.3, -0.25) is 14.2 Å². The predicted octanol–water partition coefficient (Wildman–Crippen LogP) is 2.53. The highest BCUT2D eigenvalue weighted by Crippen LogP contribution is 2.32. The number of fused-ring (bicyclic) bond motifs is 1. The monoisotopic (exact) mass is 413 g/mol. The number of benzene rings is 2. The third-order valence-corrected chi connectivity index (χ3v) is 4.77. The van der Waals surface area contributed by atoms with Crippen molar-refractivity contribution in [3.63, 3.8) is 0 Å². The average molecular weight is 414 g/mol. The predicted molar refractivity (Wildman–Crippen MR) is 107 cm³/mol. The van der Waals surface area contributed by atoms with Crippen LogP contribution in [0.3, 0.4) is 0 Å². The van der Waals surface area contributed by atoms with E-state index in [9.17, 15) is 14.4 Å². The van der Waals surface area contributed by atoms with Crippen LogP contribution in [0.25, 0.3) is 0 Å². The Hall–Kier alpha value is -3.52. The van der Waals surface area contributed by atoms with Crippen molar-refractivity contribution in [1.82, 2.24) is 9.55 Å². The van der Waals surface area contributed by atoms with E-state index in [0.717, 1.165) is 16.3 Å². The van der Waals surface area contributed by atoms with Crippen LogP contribution < -0.4 is 26.0 Å². The maximum absolute atomic E-state index is 12.8. The molecule has 0 spiro atoms. The molecule has 1 amide bonds. The van der Waals surface area contributed by atoms with Gasteiger partial charge in [0, 0.05) is 16.9 Å². The lowest BCUT2D eigenvalue weighted by molar-refractivity contribution is 0.102. The first-order valence-corrected chi connectivity index (χ1v) is 9.09. The lowest BCUT2D eigenvalue weighted by Crippen LogP contribution is -2.39. The Morgan fingerprint density at radius 3 is 2.79 bits per heavy atom. The summed E-state index contributed by atoms with van der Waals surface area (Å²) in [6, 6.07) is 10.2. The molecule has 1 aromatic heterocycles. The number of carbonyl (C=O) groups is 1. The summed E-state index contributed by atoms with van der Waals surface area (Å²) in [5.74, 6) is 0.494. The van der Waals surface area contributed by atoms with Gasteiger partial charge in [0.2, 0.25) is 6.79 Å². The summed E-state index contributed by atoms with van der Waals surface area (Å²) in [7, 11) is 0. The molecule has 0 saturated carbocycles. The van der Waals surface area contributed by atoms with Crippen LogP contribution >= 0.6 is 11.6 Å². The van der Waals surface area contributed by atoms with Gasteiger partial charge in [-0.05, 0) is 42.3 Å². The second-order valence-corrected chi connectivity index (χ2v) is 6.94. The first-order valence-electron chi connectivity index (χ1n) is 8.71. The summed E-state index contributed by atoms with van der Waals surface area (Å²) in [4.78, 5) is 40.1. The Labute approximate surface area is 169 Å². The SMILES string of the molecule is Cc1ccc(Cl)cc1NC(=O)c1c[nH]c(=O)n(Cc2ccc3c(c2)OCO3)c1=O. The number of rotatable bonds is 4. The van der Waals surface area contributed by atoms with E-state index in [2.05, 4.69) is 10.3 Å². The lowest BCUT2D eigenvalue weighted by atomic mass is 10.2. The van der Waals surface area contributed by atoms with Crippen LogP contribution in [0.5, 0.6) is 11.5 Å². The molecule has 0 radical (unpaired) electrons. The Bertz CT molecular complexity index is 1230. The zero-order valence-electron chi connectivity index (χ0n) is 15.3. The second kappa shape index (κ2) is 7.48. The van der Waals surface area contributed by atoms with Gasteiger partial charge in [0.15, 0.2) is 11.5 Å². The fourth-order valence-corrected chi connectivity index (χ4v) is 3.13. The molecular formula is C20H16ClN3O5. The van der Waals surface area contributed by atoms with Gasteiger partial charge in [-0.15, -0.1) is 0 Å². The molecule has 2 heterocycles. The number of carbonyl (C=O) groups excluding carboxylic acids is 1. The van der Waals surface area contributed by atoms with Gasteiger partial charge in [-0.25, -0.2) is 4.79 Å².